The predicted octanol–water partition coefficient (Wildman–Crippen LogP) is 4.08. The molecule has 28 heavy (non-hydrogen) atoms. The van der Waals surface area contributed by atoms with Crippen LogP contribution in [-0.2, 0) is 16.0 Å². The van der Waals surface area contributed by atoms with E-state index in [1.54, 1.807) is 11.3 Å². The average molecular weight is 392 g/mol. The highest BCUT2D eigenvalue weighted by atomic mass is 32.1. The third-order valence-corrected chi connectivity index (χ3v) is 5.69. The first-order chi connectivity index (χ1) is 13.7. The second-order valence-corrected chi connectivity index (χ2v) is 7.58. The highest BCUT2D eigenvalue weighted by Crippen LogP contribution is 2.37. The molecule has 3 aromatic rings. The number of para-hydroxylation sites is 1. The van der Waals surface area contributed by atoms with Gasteiger partial charge in [0.2, 0.25) is 0 Å². The molecule has 5 nitrogen and oxygen atoms in total. The van der Waals surface area contributed by atoms with Crippen LogP contribution >= 0.6 is 11.3 Å². The summed E-state index contributed by atoms with van der Waals surface area (Å²) < 4.78 is 4.64. The standard InChI is InChI=1S/C22H20N2O3S/c1-27-19(25)10-11-23-22(26)20-16-6-2-3-7-18(16)24-21-14(8-9-17(20)21)13-15-5-4-12-28-15/h2-7,12-13H,8-11H2,1H3,(H,23,26)/b14-13+. The zero-order valence-electron chi connectivity index (χ0n) is 15.5. The van der Waals surface area contributed by atoms with Crippen molar-refractivity contribution in [3.8, 4) is 0 Å². The van der Waals surface area contributed by atoms with Crippen molar-refractivity contribution in [3.05, 3.63) is 63.5 Å². The molecule has 1 aliphatic carbocycles. The summed E-state index contributed by atoms with van der Waals surface area (Å²) in [6, 6.07) is 11.8. The minimum atomic E-state index is -0.341. The number of methoxy groups -OCH3 is 1. The van der Waals surface area contributed by atoms with Gasteiger partial charge in [-0.25, -0.2) is 4.98 Å². The lowest BCUT2D eigenvalue weighted by atomic mass is 10.00. The molecule has 0 saturated carbocycles. The maximum atomic E-state index is 13.0. The van der Waals surface area contributed by atoms with Gasteiger partial charge >= 0.3 is 5.97 Å². The summed E-state index contributed by atoms with van der Waals surface area (Å²) in [5.74, 6) is -0.512. The Morgan fingerprint density at radius 2 is 2.07 bits per heavy atom. The Morgan fingerprint density at radius 3 is 2.86 bits per heavy atom. The van der Waals surface area contributed by atoms with Crippen LogP contribution in [0.4, 0.5) is 0 Å². The highest BCUT2D eigenvalue weighted by molar-refractivity contribution is 7.10. The van der Waals surface area contributed by atoms with Gasteiger partial charge in [0, 0.05) is 16.8 Å². The third kappa shape index (κ3) is 3.55. The quantitative estimate of drug-likeness (QED) is 0.665. The van der Waals surface area contributed by atoms with Gasteiger partial charge in [-0.1, -0.05) is 24.3 Å². The second kappa shape index (κ2) is 7.94. The zero-order chi connectivity index (χ0) is 19.5. The first-order valence-corrected chi connectivity index (χ1v) is 10.1. The zero-order valence-corrected chi connectivity index (χ0v) is 16.3. The van der Waals surface area contributed by atoms with Crippen molar-refractivity contribution in [3.63, 3.8) is 0 Å². The Labute approximate surface area is 167 Å². The molecule has 0 aliphatic heterocycles. The summed E-state index contributed by atoms with van der Waals surface area (Å²) in [4.78, 5) is 30.4. The number of nitrogens with one attached hydrogen (secondary N) is 1. The fourth-order valence-electron chi connectivity index (χ4n) is 3.55. The molecule has 0 spiro atoms. The molecule has 0 unspecified atom stereocenters. The van der Waals surface area contributed by atoms with Crippen LogP contribution in [0.3, 0.4) is 0 Å². The molecule has 0 saturated heterocycles. The normalized spacial score (nSPS) is 14.2. The highest BCUT2D eigenvalue weighted by Gasteiger charge is 2.26. The summed E-state index contributed by atoms with van der Waals surface area (Å²) in [7, 11) is 1.34. The van der Waals surface area contributed by atoms with Crippen LogP contribution in [0.1, 0.15) is 39.3 Å². The number of carbonyl (C=O) groups is 2. The van der Waals surface area contributed by atoms with Crippen LogP contribution < -0.4 is 5.32 Å². The molecule has 0 bridgehead atoms. The molecule has 0 radical (unpaired) electrons. The summed E-state index contributed by atoms with van der Waals surface area (Å²) in [6.07, 6.45) is 3.96. The van der Waals surface area contributed by atoms with Gasteiger partial charge in [0.1, 0.15) is 0 Å². The first-order valence-electron chi connectivity index (χ1n) is 9.18. The van der Waals surface area contributed by atoms with E-state index >= 15 is 0 Å². The van der Waals surface area contributed by atoms with Crippen molar-refractivity contribution < 1.29 is 14.3 Å². The number of esters is 1. The van der Waals surface area contributed by atoms with Gasteiger partial charge < -0.3 is 10.1 Å². The molecule has 1 aromatic carbocycles. The molecular weight excluding hydrogens is 372 g/mol. The van der Waals surface area contributed by atoms with Gasteiger partial charge in [-0.05, 0) is 47.6 Å². The number of thiophene rings is 1. The lowest BCUT2D eigenvalue weighted by Gasteiger charge is -2.12. The van der Waals surface area contributed by atoms with Gasteiger partial charge in [0.25, 0.3) is 5.91 Å². The number of rotatable bonds is 5. The second-order valence-electron chi connectivity index (χ2n) is 6.60. The summed E-state index contributed by atoms with van der Waals surface area (Å²) >= 11 is 1.69. The van der Waals surface area contributed by atoms with Crippen LogP contribution in [0.2, 0.25) is 0 Å². The molecule has 0 fully saturated rings. The van der Waals surface area contributed by atoms with Crippen molar-refractivity contribution >= 4 is 45.8 Å². The lowest BCUT2D eigenvalue weighted by Crippen LogP contribution is -2.27. The number of nitrogens with zero attached hydrogens (tertiary/aromatic N) is 1. The number of hydrogen-bond acceptors (Lipinski definition) is 5. The Morgan fingerprint density at radius 1 is 1.21 bits per heavy atom. The smallest absolute Gasteiger partial charge is 0.307 e. The summed E-state index contributed by atoms with van der Waals surface area (Å²) in [5, 5.41) is 5.76. The van der Waals surface area contributed by atoms with Gasteiger partial charge in [-0.15, -0.1) is 11.3 Å². The SMILES string of the molecule is COC(=O)CCNC(=O)c1c2c(nc3ccccc13)/C(=C/c1cccs1)CC2. The minimum absolute atomic E-state index is 0.150. The Kier molecular flexibility index (Phi) is 5.21. The molecular formula is C22H20N2O3S. The molecule has 6 heteroatoms. The topological polar surface area (TPSA) is 68.3 Å². The average Bonchev–Trinajstić information content (AvgIpc) is 3.36. The fraction of sp³-hybridized carbons (Fsp3) is 0.227. The number of hydrogen-bond donors (Lipinski definition) is 1. The molecule has 1 amide bonds. The van der Waals surface area contributed by atoms with Crippen LogP contribution in [-0.4, -0.2) is 30.5 Å². The van der Waals surface area contributed by atoms with Gasteiger partial charge in [0.15, 0.2) is 0 Å². The van der Waals surface area contributed by atoms with Crippen LogP contribution in [0.15, 0.2) is 41.8 Å². The van der Waals surface area contributed by atoms with Gasteiger partial charge in [-0.3, -0.25) is 9.59 Å². The molecule has 4 rings (SSSR count). The summed E-state index contributed by atoms with van der Waals surface area (Å²) in [5.41, 5.74) is 4.52. The molecule has 1 aliphatic rings. The maximum Gasteiger partial charge on any atom is 0.307 e. The molecule has 1 N–H and O–H groups in total. The van der Waals surface area contributed by atoms with Gasteiger partial charge in [-0.2, -0.15) is 0 Å². The van der Waals surface area contributed by atoms with Crippen molar-refractivity contribution in [1.29, 1.82) is 0 Å². The minimum Gasteiger partial charge on any atom is -0.469 e. The monoisotopic (exact) mass is 392 g/mol. The van der Waals surface area contributed by atoms with E-state index in [1.807, 2.05) is 30.3 Å². The molecule has 2 aromatic heterocycles. The van der Waals surface area contributed by atoms with E-state index in [2.05, 4.69) is 27.6 Å². The van der Waals surface area contributed by atoms with E-state index in [0.29, 0.717) is 5.56 Å². The Balaban J connectivity index is 1.74. The number of fused-ring (bicyclic) bond motifs is 2. The van der Waals surface area contributed by atoms with E-state index < -0.39 is 0 Å². The maximum absolute atomic E-state index is 13.0. The number of allylic oxidation sites excluding steroid dienone is 1. The molecule has 2 heterocycles. The number of amides is 1. The molecule has 0 atom stereocenters. The van der Waals surface area contributed by atoms with E-state index in [-0.39, 0.29) is 24.8 Å². The van der Waals surface area contributed by atoms with Crippen LogP contribution in [0, 0.1) is 0 Å². The number of aromatic nitrogens is 1. The van der Waals surface area contributed by atoms with E-state index in [4.69, 9.17) is 4.98 Å². The Hall–Kier alpha value is -2.99. The number of pyridine rings is 1. The van der Waals surface area contributed by atoms with Crippen LogP contribution in [0.5, 0.6) is 0 Å². The van der Waals surface area contributed by atoms with Crippen molar-refractivity contribution in [2.45, 2.75) is 19.3 Å². The number of benzene rings is 1. The van der Waals surface area contributed by atoms with Crippen molar-refractivity contribution in [2.24, 2.45) is 0 Å². The fourth-order valence-corrected chi connectivity index (χ4v) is 4.23. The van der Waals surface area contributed by atoms with E-state index in [0.717, 1.165) is 40.6 Å². The third-order valence-electron chi connectivity index (χ3n) is 4.87. The number of carbonyl (C=O) groups excluding carboxylic acids is 2. The summed E-state index contributed by atoms with van der Waals surface area (Å²) in [6.45, 7) is 0.245. The lowest BCUT2D eigenvalue weighted by molar-refractivity contribution is -0.140. The van der Waals surface area contributed by atoms with Crippen LogP contribution in [0.25, 0.3) is 22.6 Å². The largest absolute Gasteiger partial charge is 0.469 e. The number of ether oxygens (including phenoxy) is 1. The molecule has 142 valence electrons. The predicted molar refractivity (Wildman–Crippen MR) is 111 cm³/mol. The first kappa shape index (κ1) is 18.4. The van der Waals surface area contributed by atoms with Crippen molar-refractivity contribution in [2.75, 3.05) is 13.7 Å². The van der Waals surface area contributed by atoms with Gasteiger partial charge in [0.05, 0.1) is 30.3 Å². The van der Waals surface area contributed by atoms with Crippen molar-refractivity contribution in [1.82, 2.24) is 10.3 Å². The van der Waals surface area contributed by atoms with E-state index in [1.165, 1.54) is 12.0 Å². The Bertz CT molecular complexity index is 1070. The van der Waals surface area contributed by atoms with E-state index in [9.17, 15) is 9.59 Å².